The maximum Gasteiger partial charge on any atom is 0.439 e. The Morgan fingerprint density at radius 1 is 1.13 bits per heavy atom. The Labute approximate surface area is 216 Å². The van der Waals surface area contributed by atoms with E-state index in [9.17, 15) is 23.6 Å². The van der Waals surface area contributed by atoms with Crippen LogP contribution < -0.4 is 15.2 Å². The van der Waals surface area contributed by atoms with E-state index in [1.54, 1.807) is 24.3 Å². The molecule has 0 atom stereocenters. The van der Waals surface area contributed by atoms with Gasteiger partial charge in [0.1, 0.15) is 6.61 Å². The van der Waals surface area contributed by atoms with Gasteiger partial charge in [-0.1, -0.05) is 30.3 Å². The van der Waals surface area contributed by atoms with Crippen LogP contribution in [0.25, 0.3) is 0 Å². The highest BCUT2D eigenvalue weighted by Crippen LogP contribution is 2.38. The van der Waals surface area contributed by atoms with Crippen molar-refractivity contribution >= 4 is 17.9 Å². The maximum atomic E-state index is 15.3. The Balaban J connectivity index is 1.66. The Morgan fingerprint density at radius 3 is 2.61 bits per heavy atom. The Bertz CT molecular complexity index is 1590. The second-order valence-electron chi connectivity index (χ2n) is 7.26. The van der Waals surface area contributed by atoms with Crippen molar-refractivity contribution in [2.45, 2.75) is 23.6 Å². The monoisotopic (exact) mass is 543 g/mol. The van der Waals surface area contributed by atoms with Crippen LogP contribution in [-0.2, 0) is 11.3 Å². The summed E-state index contributed by atoms with van der Waals surface area (Å²) >= 11 is 0.181. The summed E-state index contributed by atoms with van der Waals surface area (Å²) in [5, 5.41) is 12.4. The molecule has 2 aromatic heterocycles. The Hall–Kier alpha value is -4.77. The van der Waals surface area contributed by atoms with Gasteiger partial charge < -0.3 is 14.2 Å². The molecule has 4 aromatic rings. The second-order valence-corrected chi connectivity index (χ2v) is 8.26. The van der Waals surface area contributed by atoms with E-state index < -0.39 is 45.3 Å². The van der Waals surface area contributed by atoms with E-state index in [2.05, 4.69) is 19.8 Å². The first-order chi connectivity index (χ1) is 18.3. The average molecular weight is 543 g/mol. The zero-order valence-corrected chi connectivity index (χ0v) is 20.2. The van der Waals surface area contributed by atoms with Crippen LogP contribution in [0, 0.1) is 28.9 Å². The van der Waals surface area contributed by atoms with E-state index in [0.29, 0.717) is 4.68 Å². The number of aromatic nitrogens is 4. The number of halogens is 3. The number of benzene rings is 2. The molecule has 0 saturated carbocycles. The third-order valence-corrected chi connectivity index (χ3v) is 5.66. The molecule has 2 heterocycles. The van der Waals surface area contributed by atoms with Crippen molar-refractivity contribution in [3.05, 3.63) is 87.7 Å². The number of H-pyrrole nitrogens is 1. The number of carbonyl (C=O) groups is 1. The lowest BCUT2D eigenvalue weighted by Crippen LogP contribution is -2.26. The topological polar surface area (TPSA) is 132 Å². The van der Waals surface area contributed by atoms with Crippen molar-refractivity contribution in [1.82, 2.24) is 19.7 Å². The molecule has 14 heteroatoms. The second kappa shape index (κ2) is 11.5. The number of rotatable bonds is 8. The van der Waals surface area contributed by atoms with Gasteiger partial charge in [-0.25, -0.2) is 14.0 Å². The lowest BCUT2D eigenvalue weighted by atomic mass is 10.2. The predicted molar refractivity (Wildman–Crippen MR) is 126 cm³/mol. The van der Waals surface area contributed by atoms with Gasteiger partial charge in [-0.3, -0.25) is 4.98 Å². The minimum atomic E-state index is -1.71. The molecule has 0 aliphatic rings. The van der Waals surface area contributed by atoms with Gasteiger partial charge in [0.15, 0.2) is 22.5 Å². The SMILES string of the molecule is CCOC(=O)n1nc(Sc2c(F)c(F)nc(Oc3cc(C#N)ccc3OCc3ccccc3)c2F)[nH]c1=O. The fourth-order valence-electron chi connectivity index (χ4n) is 3.00. The highest BCUT2D eigenvalue weighted by molar-refractivity contribution is 7.99. The molecule has 0 aliphatic carbocycles. The van der Waals surface area contributed by atoms with Crippen molar-refractivity contribution in [2.24, 2.45) is 0 Å². The minimum absolute atomic E-state index is 0.0514. The van der Waals surface area contributed by atoms with Crippen LogP contribution in [0.2, 0.25) is 0 Å². The van der Waals surface area contributed by atoms with Crippen LogP contribution in [0.1, 0.15) is 18.1 Å². The minimum Gasteiger partial charge on any atom is -0.485 e. The van der Waals surface area contributed by atoms with Crippen LogP contribution in [0.15, 0.2) is 63.4 Å². The number of carbonyl (C=O) groups excluding carboxylic acids is 1. The largest absolute Gasteiger partial charge is 0.485 e. The number of aromatic amines is 1. The lowest BCUT2D eigenvalue weighted by Gasteiger charge is -2.14. The van der Waals surface area contributed by atoms with Crippen LogP contribution in [-0.4, -0.2) is 32.4 Å². The quantitative estimate of drug-likeness (QED) is 0.312. The number of hydrogen-bond acceptors (Lipinski definition) is 9. The molecule has 0 bridgehead atoms. The molecule has 4 rings (SSSR count). The molecule has 0 radical (unpaired) electrons. The molecular formula is C24H16F3N5O5S. The first-order valence-corrected chi connectivity index (χ1v) is 11.6. The van der Waals surface area contributed by atoms with Gasteiger partial charge in [-0.05, 0) is 36.4 Å². The van der Waals surface area contributed by atoms with E-state index in [1.807, 2.05) is 12.1 Å². The summed E-state index contributed by atoms with van der Waals surface area (Å²) in [6, 6.07) is 15.0. The molecule has 1 N–H and O–H groups in total. The van der Waals surface area contributed by atoms with E-state index in [0.717, 1.165) is 5.56 Å². The highest BCUT2D eigenvalue weighted by atomic mass is 32.2. The van der Waals surface area contributed by atoms with Crippen molar-refractivity contribution in [3.63, 3.8) is 0 Å². The van der Waals surface area contributed by atoms with E-state index in [1.165, 1.54) is 25.1 Å². The van der Waals surface area contributed by atoms with Crippen LogP contribution >= 0.6 is 11.8 Å². The number of hydrogen-bond donors (Lipinski definition) is 1. The summed E-state index contributed by atoms with van der Waals surface area (Å²) in [5.74, 6) is -5.91. The van der Waals surface area contributed by atoms with Gasteiger partial charge >= 0.3 is 11.8 Å². The summed E-state index contributed by atoms with van der Waals surface area (Å²) in [5.41, 5.74) is -0.118. The molecule has 10 nitrogen and oxygen atoms in total. The number of nitrogens with one attached hydrogen (secondary N) is 1. The molecule has 194 valence electrons. The molecule has 38 heavy (non-hydrogen) atoms. The highest BCUT2D eigenvalue weighted by Gasteiger charge is 2.26. The third kappa shape index (κ3) is 5.79. The summed E-state index contributed by atoms with van der Waals surface area (Å²) in [4.78, 5) is 28.1. The fraction of sp³-hybridized carbons (Fsp3) is 0.125. The van der Waals surface area contributed by atoms with E-state index >= 15 is 4.39 Å². The van der Waals surface area contributed by atoms with Gasteiger partial charge in [0.05, 0.1) is 23.1 Å². The third-order valence-electron chi connectivity index (χ3n) is 4.72. The Morgan fingerprint density at radius 2 is 1.89 bits per heavy atom. The number of nitrogens with zero attached hydrogens (tertiary/aromatic N) is 4. The molecule has 0 spiro atoms. The van der Waals surface area contributed by atoms with Crippen molar-refractivity contribution in [1.29, 1.82) is 5.26 Å². The molecule has 0 unspecified atom stereocenters. The van der Waals surface area contributed by atoms with Crippen LogP contribution in [0.5, 0.6) is 17.4 Å². The first kappa shape index (κ1) is 26.3. The van der Waals surface area contributed by atoms with Crippen LogP contribution in [0.4, 0.5) is 18.0 Å². The molecule has 0 saturated heterocycles. The van der Waals surface area contributed by atoms with E-state index in [-0.39, 0.29) is 42.0 Å². The summed E-state index contributed by atoms with van der Waals surface area (Å²) in [7, 11) is 0. The molecule has 2 aromatic carbocycles. The van der Waals surface area contributed by atoms with Gasteiger partial charge in [0.2, 0.25) is 5.82 Å². The summed E-state index contributed by atoms with van der Waals surface area (Å²) < 4.78 is 60.3. The fourth-order valence-corrected chi connectivity index (χ4v) is 3.81. The number of ether oxygens (including phenoxy) is 3. The standard InChI is InChI=1S/C24H16F3N5O5S/c1-2-35-24(34)32-23(33)30-22(31-32)38-19-17(25)20(27)29-21(18(19)26)37-16-10-14(11-28)8-9-15(16)36-12-13-6-4-3-5-7-13/h3-10H,2,12H2,1H3,(H,30,31,33). The smallest absolute Gasteiger partial charge is 0.439 e. The number of nitriles is 1. The van der Waals surface area contributed by atoms with E-state index in [4.69, 9.17) is 9.47 Å². The molecule has 0 fully saturated rings. The van der Waals surface area contributed by atoms with Crippen molar-refractivity contribution in [3.8, 4) is 23.4 Å². The molecule has 0 aliphatic heterocycles. The zero-order chi connectivity index (χ0) is 27.2. The number of pyridine rings is 1. The summed E-state index contributed by atoms with van der Waals surface area (Å²) in [6.45, 7) is 1.54. The van der Waals surface area contributed by atoms with Gasteiger partial charge in [-0.15, -0.1) is 9.78 Å². The predicted octanol–water partition coefficient (Wildman–Crippen LogP) is 4.78. The maximum absolute atomic E-state index is 15.3. The summed E-state index contributed by atoms with van der Waals surface area (Å²) in [6.07, 6.45) is -1.12. The van der Waals surface area contributed by atoms with Crippen LogP contribution in [0.3, 0.4) is 0 Å². The lowest BCUT2D eigenvalue weighted by molar-refractivity contribution is 0.149. The average Bonchev–Trinajstić information content (AvgIpc) is 3.29. The zero-order valence-electron chi connectivity index (χ0n) is 19.4. The van der Waals surface area contributed by atoms with Gasteiger partial charge in [0, 0.05) is 6.07 Å². The van der Waals surface area contributed by atoms with Gasteiger partial charge in [-0.2, -0.15) is 19.0 Å². The normalized spacial score (nSPS) is 10.6. The molecule has 0 amide bonds. The van der Waals surface area contributed by atoms with Gasteiger partial charge in [0.25, 0.3) is 11.8 Å². The Kier molecular flexibility index (Phi) is 7.97. The van der Waals surface area contributed by atoms with Crippen molar-refractivity contribution < 1.29 is 32.2 Å². The molecular weight excluding hydrogens is 527 g/mol. The van der Waals surface area contributed by atoms with Crippen molar-refractivity contribution in [2.75, 3.05) is 6.61 Å². The first-order valence-electron chi connectivity index (χ1n) is 10.8.